The van der Waals surface area contributed by atoms with Crippen LogP contribution in [0, 0.1) is 5.92 Å². The Balaban J connectivity index is 2.53. The van der Waals surface area contributed by atoms with Crippen molar-refractivity contribution in [2.45, 2.75) is 26.8 Å². The summed E-state index contributed by atoms with van der Waals surface area (Å²) in [6.07, 6.45) is 2.19. The van der Waals surface area contributed by atoms with Gasteiger partial charge in [0, 0.05) is 17.8 Å². The van der Waals surface area contributed by atoms with E-state index in [-0.39, 0.29) is 0 Å². The molecule has 74 valence electrons. The van der Waals surface area contributed by atoms with Crippen LogP contribution in [-0.4, -0.2) is 4.57 Å². The molecule has 1 aromatic heterocycles. The zero-order valence-corrected chi connectivity index (χ0v) is 9.07. The molecule has 1 heteroatoms. The molecule has 0 fully saturated rings. The van der Waals surface area contributed by atoms with Gasteiger partial charge in [0.25, 0.3) is 0 Å². The zero-order chi connectivity index (χ0) is 10.1. The van der Waals surface area contributed by atoms with Crippen molar-refractivity contribution in [3.8, 4) is 0 Å². The second-order valence-corrected chi connectivity index (χ2v) is 4.27. The van der Waals surface area contributed by atoms with Gasteiger partial charge >= 0.3 is 0 Å². The van der Waals surface area contributed by atoms with E-state index in [1.807, 2.05) is 0 Å². The first-order valence-electron chi connectivity index (χ1n) is 5.25. The molecule has 0 saturated heterocycles. The van der Waals surface area contributed by atoms with Gasteiger partial charge in [0.15, 0.2) is 0 Å². The number of nitrogens with zero attached hydrogens (tertiary/aromatic N) is 1. The van der Waals surface area contributed by atoms with Gasteiger partial charge in [0.1, 0.15) is 0 Å². The van der Waals surface area contributed by atoms with Gasteiger partial charge in [0.05, 0.1) is 0 Å². The molecular formula is C13H17N. The smallest absolute Gasteiger partial charge is 0.0482 e. The Labute approximate surface area is 85.4 Å². The van der Waals surface area contributed by atoms with E-state index in [9.17, 15) is 0 Å². The molecule has 0 aliphatic heterocycles. The highest BCUT2D eigenvalue weighted by molar-refractivity contribution is 5.80. The van der Waals surface area contributed by atoms with E-state index in [1.165, 1.54) is 10.9 Å². The van der Waals surface area contributed by atoms with Crippen molar-refractivity contribution in [3.63, 3.8) is 0 Å². The predicted molar refractivity (Wildman–Crippen MR) is 61.5 cm³/mol. The third-order valence-electron chi connectivity index (χ3n) is 3.03. The molecule has 0 aliphatic rings. The maximum atomic E-state index is 2.36. The molecule has 2 rings (SSSR count). The minimum Gasteiger partial charge on any atom is -0.344 e. The van der Waals surface area contributed by atoms with Gasteiger partial charge < -0.3 is 4.57 Å². The van der Waals surface area contributed by atoms with Crippen LogP contribution < -0.4 is 0 Å². The van der Waals surface area contributed by atoms with Gasteiger partial charge in [-0.05, 0) is 30.4 Å². The van der Waals surface area contributed by atoms with E-state index in [0.29, 0.717) is 12.0 Å². The largest absolute Gasteiger partial charge is 0.344 e. The van der Waals surface area contributed by atoms with Crippen molar-refractivity contribution in [1.29, 1.82) is 0 Å². The molecule has 14 heavy (non-hydrogen) atoms. The van der Waals surface area contributed by atoms with Gasteiger partial charge in [-0.15, -0.1) is 0 Å². The average Bonchev–Trinajstić information content (AvgIpc) is 2.60. The van der Waals surface area contributed by atoms with Crippen LogP contribution in [0.4, 0.5) is 0 Å². The second kappa shape index (κ2) is 3.49. The van der Waals surface area contributed by atoms with Gasteiger partial charge in [-0.3, -0.25) is 0 Å². The lowest BCUT2D eigenvalue weighted by Gasteiger charge is -2.18. The Morgan fingerprint density at radius 1 is 1.00 bits per heavy atom. The molecule has 1 heterocycles. The molecule has 1 atom stereocenters. The maximum Gasteiger partial charge on any atom is 0.0482 e. The Bertz CT molecular complexity index is 425. The Hall–Kier alpha value is -1.24. The van der Waals surface area contributed by atoms with Crippen LogP contribution in [0.5, 0.6) is 0 Å². The molecule has 0 radical (unpaired) electrons. The van der Waals surface area contributed by atoms with E-state index in [4.69, 9.17) is 0 Å². The van der Waals surface area contributed by atoms with Crippen molar-refractivity contribution in [2.24, 2.45) is 5.92 Å². The summed E-state index contributed by atoms with van der Waals surface area (Å²) in [6, 6.07) is 11.3. The number of rotatable bonds is 2. The zero-order valence-electron chi connectivity index (χ0n) is 9.07. The molecule has 1 nitrogen and oxygen atoms in total. The van der Waals surface area contributed by atoms with E-state index in [1.54, 1.807) is 0 Å². The molecule has 0 saturated carbocycles. The van der Waals surface area contributed by atoms with Crippen LogP contribution >= 0.6 is 0 Å². The molecule has 1 aromatic carbocycles. The minimum atomic E-state index is 0.565. The molecule has 1 unspecified atom stereocenters. The molecule has 2 aromatic rings. The molecule has 0 aliphatic carbocycles. The first-order valence-corrected chi connectivity index (χ1v) is 5.25. The van der Waals surface area contributed by atoms with Gasteiger partial charge in [-0.1, -0.05) is 32.0 Å². The SMILES string of the molecule is CC(C)C(C)n1ccc2ccccc21. The highest BCUT2D eigenvalue weighted by atomic mass is 15.0. The third kappa shape index (κ3) is 1.43. The van der Waals surface area contributed by atoms with Crippen molar-refractivity contribution >= 4 is 10.9 Å². The summed E-state index contributed by atoms with van der Waals surface area (Å²) >= 11 is 0. The minimum absolute atomic E-state index is 0.565. The van der Waals surface area contributed by atoms with Crippen LogP contribution in [0.2, 0.25) is 0 Å². The van der Waals surface area contributed by atoms with E-state index in [2.05, 4.69) is 61.9 Å². The van der Waals surface area contributed by atoms with E-state index >= 15 is 0 Å². The molecule has 0 spiro atoms. The first-order chi connectivity index (χ1) is 6.70. The highest BCUT2D eigenvalue weighted by Gasteiger charge is 2.10. The van der Waals surface area contributed by atoms with Crippen LogP contribution in [0.15, 0.2) is 36.5 Å². The summed E-state index contributed by atoms with van der Waals surface area (Å²) in [5.41, 5.74) is 1.34. The standard InChI is InChI=1S/C13H17N/c1-10(2)11(3)14-9-8-12-6-4-5-7-13(12)14/h4-11H,1-3H3. The predicted octanol–water partition coefficient (Wildman–Crippen LogP) is 3.86. The number of hydrogen-bond acceptors (Lipinski definition) is 0. The number of fused-ring (bicyclic) bond motifs is 1. The van der Waals surface area contributed by atoms with Gasteiger partial charge in [-0.25, -0.2) is 0 Å². The number of para-hydroxylation sites is 1. The molecule has 0 bridgehead atoms. The fourth-order valence-corrected chi connectivity index (χ4v) is 1.78. The normalized spacial score (nSPS) is 13.7. The fraction of sp³-hybridized carbons (Fsp3) is 0.385. The Morgan fingerprint density at radius 3 is 2.43 bits per heavy atom. The number of hydrogen-bond donors (Lipinski definition) is 0. The van der Waals surface area contributed by atoms with Crippen LogP contribution in [0.3, 0.4) is 0 Å². The number of benzene rings is 1. The van der Waals surface area contributed by atoms with E-state index in [0.717, 1.165) is 0 Å². The maximum absolute atomic E-state index is 2.36. The first kappa shape index (κ1) is 9.32. The van der Waals surface area contributed by atoms with Crippen LogP contribution in [-0.2, 0) is 0 Å². The van der Waals surface area contributed by atoms with Crippen molar-refractivity contribution in [3.05, 3.63) is 36.5 Å². The van der Waals surface area contributed by atoms with E-state index < -0.39 is 0 Å². The monoisotopic (exact) mass is 187 g/mol. The second-order valence-electron chi connectivity index (χ2n) is 4.27. The lowest BCUT2D eigenvalue weighted by Crippen LogP contribution is -2.09. The van der Waals surface area contributed by atoms with Crippen LogP contribution in [0.25, 0.3) is 10.9 Å². The summed E-state index contributed by atoms with van der Waals surface area (Å²) in [7, 11) is 0. The average molecular weight is 187 g/mol. The quantitative estimate of drug-likeness (QED) is 0.672. The Morgan fingerprint density at radius 2 is 1.71 bits per heavy atom. The van der Waals surface area contributed by atoms with Gasteiger partial charge in [-0.2, -0.15) is 0 Å². The summed E-state index contributed by atoms with van der Waals surface area (Å²) < 4.78 is 2.36. The van der Waals surface area contributed by atoms with Crippen molar-refractivity contribution in [2.75, 3.05) is 0 Å². The Kier molecular flexibility index (Phi) is 2.32. The highest BCUT2D eigenvalue weighted by Crippen LogP contribution is 2.24. The third-order valence-corrected chi connectivity index (χ3v) is 3.03. The summed E-state index contributed by atoms with van der Waals surface area (Å²) in [6.45, 7) is 6.80. The fourth-order valence-electron chi connectivity index (χ4n) is 1.78. The molecule has 0 amide bonds. The molecular weight excluding hydrogens is 170 g/mol. The van der Waals surface area contributed by atoms with Crippen LogP contribution in [0.1, 0.15) is 26.8 Å². The topological polar surface area (TPSA) is 4.93 Å². The lowest BCUT2D eigenvalue weighted by atomic mass is 10.1. The molecule has 0 N–H and O–H groups in total. The lowest BCUT2D eigenvalue weighted by molar-refractivity contribution is 0.418. The summed E-state index contributed by atoms with van der Waals surface area (Å²) in [5, 5.41) is 1.33. The van der Waals surface area contributed by atoms with Crippen molar-refractivity contribution < 1.29 is 0 Å². The van der Waals surface area contributed by atoms with Gasteiger partial charge in [0.2, 0.25) is 0 Å². The van der Waals surface area contributed by atoms with Crippen molar-refractivity contribution in [1.82, 2.24) is 4.57 Å². The summed E-state index contributed by atoms with van der Waals surface area (Å²) in [5.74, 6) is 0.672. The number of aromatic nitrogens is 1. The summed E-state index contributed by atoms with van der Waals surface area (Å²) in [4.78, 5) is 0.